The normalized spacial score (nSPS) is 22.4. The van der Waals surface area contributed by atoms with Gasteiger partial charge in [0.1, 0.15) is 0 Å². The third kappa shape index (κ3) is 4.25. The number of ether oxygens (including phenoxy) is 1. The van der Waals surface area contributed by atoms with Crippen LogP contribution in [-0.4, -0.2) is 18.2 Å². The van der Waals surface area contributed by atoms with E-state index in [-0.39, 0.29) is 0 Å². The Morgan fingerprint density at radius 2 is 2.04 bits per heavy atom. The summed E-state index contributed by atoms with van der Waals surface area (Å²) in [5.41, 5.74) is 2.51. The Bertz CT molecular complexity index is 585. The molecule has 1 fully saturated rings. The van der Waals surface area contributed by atoms with Crippen LogP contribution in [0, 0.1) is 5.92 Å². The van der Waals surface area contributed by atoms with Gasteiger partial charge in [0, 0.05) is 35.4 Å². The Kier molecular flexibility index (Phi) is 6.44. The number of pyridine rings is 1. The van der Waals surface area contributed by atoms with Crippen LogP contribution in [-0.2, 0) is 4.74 Å². The fraction of sp³-hybridized carbons (Fsp3) is 0.571. The second-order valence-electron chi connectivity index (χ2n) is 6.98. The lowest BCUT2D eigenvalue weighted by molar-refractivity contribution is 0.0264. The standard InChI is InChI=1S/C21H29NOS/c1-3-4-6-20(23-2)17-10-8-16(9-11-17)19-13-12-18(15-22-19)21-7-5-14-24-21/h5,7,12-17,20H,3-4,6,8-11H2,1-2H3. The summed E-state index contributed by atoms with van der Waals surface area (Å²) in [4.78, 5) is 6.08. The van der Waals surface area contributed by atoms with E-state index in [1.807, 2.05) is 13.3 Å². The summed E-state index contributed by atoms with van der Waals surface area (Å²) < 4.78 is 5.78. The van der Waals surface area contributed by atoms with Crippen LogP contribution >= 0.6 is 11.3 Å². The van der Waals surface area contributed by atoms with E-state index in [0.29, 0.717) is 12.0 Å². The van der Waals surface area contributed by atoms with Gasteiger partial charge in [-0.3, -0.25) is 4.98 Å². The first kappa shape index (κ1) is 17.6. The molecule has 0 bridgehead atoms. The summed E-state index contributed by atoms with van der Waals surface area (Å²) in [6, 6.07) is 8.73. The van der Waals surface area contributed by atoms with Gasteiger partial charge in [-0.1, -0.05) is 31.9 Å². The number of thiophene rings is 1. The predicted octanol–water partition coefficient (Wildman–Crippen LogP) is 6.29. The minimum atomic E-state index is 0.458. The molecule has 1 atom stereocenters. The third-order valence-corrected chi connectivity index (χ3v) is 6.37. The van der Waals surface area contributed by atoms with Crippen LogP contribution < -0.4 is 0 Å². The highest BCUT2D eigenvalue weighted by molar-refractivity contribution is 7.13. The number of hydrogen-bond donors (Lipinski definition) is 0. The van der Waals surface area contributed by atoms with E-state index in [9.17, 15) is 0 Å². The molecule has 0 aliphatic heterocycles. The number of nitrogens with zero attached hydrogens (tertiary/aromatic N) is 1. The van der Waals surface area contributed by atoms with E-state index in [2.05, 4.69) is 36.6 Å². The van der Waals surface area contributed by atoms with Gasteiger partial charge in [-0.2, -0.15) is 0 Å². The van der Waals surface area contributed by atoms with Crippen molar-refractivity contribution in [3.05, 3.63) is 41.5 Å². The average molecular weight is 344 g/mol. The molecule has 1 saturated carbocycles. The molecule has 0 saturated heterocycles. The maximum Gasteiger partial charge on any atom is 0.0599 e. The maximum atomic E-state index is 5.78. The largest absolute Gasteiger partial charge is 0.381 e. The van der Waals surface area contributed by atoms with Gasteiger partial charge in [0.05, 0.1) is 6.10 Å². The van der Waals surface area contributed by atoms with Crippen molar-refractivity contribution in [2.24, 2.45) is 5.92 Å². The van der Waals surface area contributed by atoms with Gasteiger partial charge in [-0.25, -0.2) is 0 Å². The molecule has 1 unspecified atom stereocenters. The van der Waals surface area contributed by atoms with Crippen molar-refractivity contribution in [2.45, 2.75) is 63.9 Å². The van der Waals surface area contributed by atoms with Gasteiger partial charge >= 0.3 is 0 Å². The van der Waals surface area contributed by atoms with Crippen molar-refractivity contribution in [1.29, 1.82) is 0 Å². The highest BCUT2D eigenvalue weighted by Gasteiger charge is 2.28. The zero-order chi connectivity index (χ0) is 16.8. The van der Waals surface area contributed by atoms with E-state index in [4.69, 9.17) is 9.72 Å². The van der Waals surface area contributed by atoms with Gasteiger partial charge in [0.25, 0.3) is 0 Å². The minimum absolute atomic E-state index is 0.458. The van der Waals surface area contributed by atoms with E-state index < -0.39 is 0 Å². The maximum absolute atomic E-state index is 5.78. The van der Waals surface area contributed by atoms with Crippen LogP contribution in [0.4, 0.5) is 0 Å². The Hall–Kier alpha value is -1.19. The summed E-state index contributed by atoms with van der Waals surface area (Å²) in [6.07, 6.45) is 11.3. The van der Waals surface area contributed by atoms with Gasteiger partial charge in [0.15, 0.2) is 0 Å². The van der Waals surface area contributed by atoms with E-state index in [1.165, 1.54) is 61.1 Å². The van der Waals surface area contributed by atoms with Crippen molar-refractivity contribution >= 4 is 11.3 Å². The SMILES string of the molecule is CCCCC(OC)C1CCC(c2ccc(-c3cccs3)cn2)CC1. The fourth-order valence-corrected chi connectivity index (χ4v) is 4.69. The molecule has 2 aromatic rings. The monoisotopic (exact) mass is 343 g/mol. The second kappa shape index (κ2) is 8.77. The van der Waals surface area contributed by atoms with Gasteiger partial charge < -0.3 is 4.74 Å². The smallest absolute Gasteiger partial charge is 0.0599 e. The number of unbranched alkanes of at least 4 members (excludes halogenated alkanes) is 1. The molecule has 1 aliphatic rings. The van der Waals surface area contributed by atoms with E-state index in [1.54, 1.807) is 11.3 Å². The summed E-state index contributed by atoms with van der Waals surface area (Å²) >= 11 is 1.78. The third-order valence-electron chi connectivity index (χ3n) is 5.45. The molecule has 0 N–H and O–H groups in total. The lowest BCUT2D eigenvalue weighted by Crippen LogP contribution is -2.27. The Labute approximate surface area is 150 Å². The fourth-order valence-electron chi connectivity index (χ4n) is 3.97. The molecule has 0 aromatic carbocycles. The van der Waals surface area contributed by atoms with Crippen molar-refractivity contribution in [1.82, 2.24) is 4.98 Å². The number of aromatic nitrogens is 1. The molecule has 24 heavy (non-hydrogen) atoms. The Morgan fingerprint density at radius 1 is 1.21 bits per heavy atom. The van der Waals surface area contributed by atoms with E-state index in [0.717, 1.165) is 5.92 Å². The van der Waals surface area contributed by atoms with Gasteiger partial charge in [0.2, 0.25) is 0 Å². The summed E-state index contributed by atoms with van der Waals surface area (Å²) in [5, 5.41) is 2.12. The molecular formula is C21H29NOS. The van der Waals surface area contributed by atoms with Crippen LogP contribution in [0.1, 0.15) is 63.5 Å². The lowest BCUT2D eigenvalue weighted by atomic mass is 9.77. The lowest BCUT2D eigenvalue weighted by Gasteiger charge is -2.33. The molecule has 130 valence electrons. The highest BCUT2D eigenvalue weighted by atomic mass is 32.1. The molecule has 2 heterocycles. The quantitative estimate of drug-likeness (QED) is 0.589. The second-order valence-corrected chi connectivity index (χ2v) is 7.92. The van der Waals surface area contributed by atoms with Gasteiger partial charge in [-0.05, 0) is 55.5 Å². The minimum Gasteiger partial charge on any atom is -0.381 e. The van der Waals surface area contributed by atoms with Crippen molar-refractivity contribution in [2.75, 3.05) is 7.11 Å². The number of rotatable bonds is 7. The molecule has 0 radical (unpaired) electrons. The molecule has 0 amide bonds. The average Bonchev–Trinajstić information content (AvgIpc) is 3.18. The van der Waals surface area contributed by atoms with Crippen LogP contribution in [0.3, 0.4) is 0 Å². The zero-order valence-electron chi connectivity index (χ0n) is 14.9. The molecule has 1 aliphatic carbocycles. The molecular weight excluding hydrogens is 314 g/mol. The Balaban J connectivity index is 1.56. The molecule has 3 heteroatoms. The summed E-state index contributed by atoms with van der Waals surface area (Å²) in [5.74, 6) is 1.37. The zero-order valence-corrected chi connectivity index (χ0v) is 15.7. The van der Waals surface area contributed by atoms with Crippen molar-refractivity contribution in [3.63, 3.8) is 0 Å². The first-order chi connectivity index (χ1) is 11.8. The van der Waals surface area contributed by atoms with E-state index >= 15 is 0 Å². The number of methoxy groups -OCH3 is 1. The van der Waals surface area contributed by atoms with Crippen molar-refractivity contribution < 1.29 is 4.74 Å². The first-order valence-electron chi connectivity index (χ1n) is 9.34. The Morgan fingerprint density at radius 3 is 2.62 bits per heavy atom. The highest BCUT2D eigenvalue weighted by Crippen LogP contribution is 2.38. The molecule has 2 aromatic heterocycles. The van der Waals surface area contributed by atoms with Crippen LogP contribution in [0.15, 0.2) is 35.8 Å². The molecule has 3 rings (SSSR count). The first-order valence-corrected chi connectivity index (χ1v) is 10.2. The van der Waals surface area contributed by atoms with Crippen molar-refractivity contribution in [3.8, 4) is 10.4 Å². The topological polar surface area (TPSA) is 22.1 Å². The van der Waals surface area contributed by atoms with Crippen LogP contribution in [0.2, 0.25) is 0 Å². The molecule has 0 spiro atoms. The van der Waals surface area contributed by atoms with Crippen LogP contribution in [0.25, 0.3) is 10.4 Å². The summed E-state index contributed by atoms with van der Waals surface area (Å²) in [7, 11) is 1.89. The molecule has 2 nitrogen and oxygen atoms in total. The van der Waals surface area contributed by atoms with Gasteiger partial charge in [-0.15, -0.1) is 11.3 Å². The van der Waals surface area contributed by atoms with Crippen LogP contribution in [0.5, 0.6) is 0 Å². The summed E-state index contributed by atoms with van der Waals surface area (Å²) in [6.45, 7) is 2.26. The number of hydrogen-bond acceptors (Lipinski definition) is 3. The predicted molar refractivity (Wildman–Crippen MR) is 103 cm³/mol.